The van der Waals surface area contributed by atoms with E-state index in [1.54, 1.807) is 39.0 Å². The standard InChI is InChI=1S/C17H15BrFN3O3/c1-17(2,3)25-16(23)21-9-4-5-12-11(8-9)22-15(24-12)10-6-7-20-14(18)13(10)19/h4-8H,1-3H3,(H,21,23). The van der Waals surface area contributed by atoms with Crippen LogP contribution in [0.4, 0.5) is 14.9 Å². The highest BCUT2D eigenvalue weighted by Gasteiger charge is 2.18. The van der Waals surface area contributed by atoms with Crippen molar-refractivity contribution in [2.45, 2.75) is 26.4 Å². The number of hydrogen-bond acceptors (Lipinski definition) is 5. The van der Waals surface area contributed by atoms with Crippen LogP contribution in [0.1, 0.15) is 20.8 Å². The molecule has 130 valence electrons. The molecular formula is C17H15BrFN3O3. The highest BCUT2D eigenvalue weighted by molar-refractivity contribution is 9.10. The molecule has 0 unspecified atom stereocenters. The average Bonchev–Trinajstić information content (AvgIpc) is 2.91. The Kier molecular flexibility index (Phi) is 4.47. The molecule has 2 aromatic heterocycles. The summed E-state index contributed by atoms with van der Waals surface area (Å²) in [4.78, 5) is 19.9. The first-order valence-electron chi connectivity index (χ1n) is 7.44. The van der Waals surface area contributed by atoms with E-state index in [2.05, 4.69) is 31.2 Å². The molecule has 8 heteroatoms. The number of fused-ring (bicyclic) bond motifs is 1. The molecule has 0 bridgehead atoms. The van der Waals surface area contributed by atoms with Gasteiger partial charge in [-0.2, -0.15) is 0 Å². The molecule has 0 fully saturated rings. The zero-order chi connectivity index (χ0) is 18.2. The number of anilines is 1. The number of rotatable bonds is 2. The summed E-state index contributed by atoms with van der Waals surface area (Å²) >= 11 is 3.03. The summed E-state index contributed by atoms with van der Waals surface area (Å²) in [6.07, 6.45) is 0.881. The minimum atomic E-state index is -0.596. The lowest BCUT2D eigenvalue weighted by atomic mass is 10.2. The fraction of sp³-hybridized carbons (Fsp3) is 0.235. The summed E-state index contributed by atoms with van der Waals surface area (Å²) in [6, 6.07) is 6.40. The second kappa shape index (κ2) is 6.44. The topological polar surface area (TPSA) is 77.2 Å². The molecule has 3 aromatic rings. The van der Waals surface area contributed by atoms with Crippen molar-refractivity contribution in [3.8, 4) is 11.5 Å². The Morgan fingerprint density at radius 1 is 1.32 bits per heavy atom. The molecule has 25 heavy (non-hydrogen) atoms. The van der Waals surface area contributed by atoms with E-state index in [9.17, 15) is 9.18 Å². The number of oxazole rings is 1. The van der Waals surface area contributed by atoms with Crippen LogP contribution in [0.2, 0.25) is 0 Å². The number of aromatic nitrogens is 2. The molecule has 0 spiro atoms. The number of benzene rings is 1. The van der Waals surface area contributed by atoms with E-state index < -0.39 is 17.5 Å². The third kappa shape index (κ3) is 3.96. The summed E-state index contributed by atoms with van der Waals surface area (Å²) in [5.41, 5.74) is 1.05. The number of carbonyl (C=O) groups is 1. The molecule has 0 aliphatic heterocycles. The molecule has 1 amide bonds. The fourth-order valence-electron chi connectivity index (χ4n) is 2.13. The van der Waals surface area contributed by atoms with Crippen LogP contribution < -0.4 is 5.32 Å². The van der Waals surface area contributed by atoms with Gasteiger partial charge in [0.05, 0.1) is 5.56 Å². The van der Waals surface area contributed by atoms with Crippen molar-refractivity contribution in [2.75, 3.05) is 5.32 Å². The van der Waals surface area contributed by atoms with Gasteiger partial charge in [0.25, 0.3) is 0 Å². The van der Waals surface area contributed by atoms with Crippen LogP contribution in [0.5, 0.6) is 0 Å². The van der Waals surface area contributed by atoms with Crippen molar-refractivity contribution in [1.29, 1.82) is 0 Å². The molecule has 0 radical (unpaired) electrons. The normalized spacial score (nSPS) is 11.6. The molecule has 0 saturated heterocycles. The van der Waals surface area contributed by atoms with Gasteiger partial charge in [-0.05, 0) is 61.0 Å². The number of hydrogen-bond donors (Lipinski definition) is 1. The summed E-state index contributed by atoms with van der Waals surface area (Å²) in [6.45, 7) is 5.34. The lowest BCUT2D eigenvalue weighted by molar-refractivity contribution is 0.0636. The van der Waals surface area contributed by atoms with Crippen LogP contribution in [-0.4, -0.2) is 21.7 Å². The van der Waals surface area contributed by atoms with Crippen molar-refractivity contribution >= 4 is 38.8 Å². The van der Waals surface area contributed by atoms with E-state index in [1.807, 2.05) is 0 Å². The molecule has 3 rings (SSSR count). The van der Waals surface area contributed by atoms with Crippen LogP contribution in [0, 0.1) is 5.82 Å². The number of halogens is 2. The second-order valence-corrected chi connectivity index (χ2v) is 7.04. The Hall–Kier alpha value is -2.48. The van der Waals surface area contributed by atoms with Gasteiger partial charge in [0.2, 0.25) is 5.89 Å². The SMILES string of the molecule is CC(C)(C)OC(=O)Nc1ccc2oc(-c3ccnc(Br)c3F)nc2c1. The van der Waals surface area contributed by atoms with Crippen molar-refractivity contribution in [3.63, 3.8) is 0 Å². The first-order chi connectivity index (χ1) is 11.7. The monoisotopic (exact) mass is 407 g/mol. The highest BCUT2D eigenvalue weighted by atomic mass is 79.9. The molecule has 6 nitrogen and oxygen atoms in total. The summed E-state index contributed by atoms with van der Waals surface area (Å²) in [7, 11) is 0. The molecule has 0 saturated carbocycles. The van der Waals surface area contributed by atoms with Gasteiger partial charge in [-0.25, -0.2) is 19.2 Å². The van der Waals surface area contributed by atoms with Gasteiger partial charge in [-0.3, -0.25) is 5.32 Å². The minimum absolute atomic E-state index is 0.0829. The first-order valence-corrected chi connectivity index (χ1v) is 8.23. The highest BCUT2D eigenvalue weighted by Crippen LogP contribution is 2.29. The molecule has 1 aromatic carbocycles. The van der Waals surface area contributed by atoms with E-state index in [0.29, 0.717) is 16.8 Å². The van der Waals surface area contributed by atoms with Gasteiger partial charge < -0.3 is 9.15 Å². The van der Waals surface area contributed by atoms with Gasteiger partial charge in [-0.15, -0.1) is 0 Å². The summed E-state index contributed by atoms with van der Waals surface area (Å²) in [5.74, 6) is -0.425. The van der Waals surface area contributed by atoms with E-state index >= 15 is 0 Å². The average molecular weight is 408 g/mol. The smallest absolute Gasteiger partial charge is 0.412 e. The second-order valence-electron chi connectivity index (χ2n) is 6.29. The van der Waals surface area contributed by atoms with E-state index in [4.69, 9.17) is 9.15 Å². The molecule has 0 aliphatic rings. The van der Waals surface area contributed by atoms with Crippen molar-refractivity contribution in [2.24, 2.45) is 0 Å². The zero-order valence-electron chi connectivity index (χ0n) is 13.8. The maximum atomic E-state index is 14.1. The van der Waals surface area contributed by atoms with Crippen LogP contribution in [0.15, 0.2) is 39.5 Å². The van der Waals surface area contributed by atoms with Crippen LogP contribution in [0.25, 0.3) is 22.6 Å². The zero-order valence-corrected chi connectivity index (χ0v) is 15.3. The predicted octanol–water partition coefficient (Wildman–Crippen LogP) is 5.14. The number of amides is 1. The number of carbonyl (C=O) groups excluding carboxylic acids is 1. The van der Waals surface area contributed by atoms with Gasteiger partial charge in [0.15, 0.2) is 11.4 Å². The van der Waals surface area contributed by atoms with Crippen molar-refractivity contribution in [3.05, 3.63) is 40.9 Å². The summed E-state index contributed by atoms with van der Waals surface area (Å²) < 4.78 is 25.0. The Labute approximate surface area is 151 Å². The number of ether oxygens (including phenoxy) is 1. The van der Waals surface area contributed by atoms with Gasteiger partial charge in [-0.1, -0.05) is 0 Å². The van der Waals surface area contributed by atoms with E-state index in [0.717, 1.165) is 0 Å². The Balaban J connectivity index is 1.89. The van der Waals surface area contributed by atoms with Gasteiger partial charge in [0.1, 0.15) is 15.7 Å². The van der Waals surface area contributed by atoms with Crippen LogP contribution in [0.3, 0.4) is 0 Å². The van der Waals surface area contributed by atoms with Crippen LogP contribution >= 0.6 is 15.9 Å². The molecular weight excluding hydrogens is 393 g/mol. The Bertz CT molecular complexity index is 950. The lowest BCUT2D eigenvalue weighted by Crippen LogP contribution is -2.27. The quantitative estimate of drug-likeness (QED) is 0.595. The lowest BCUT2D eigenvalue weighted by Gasteiger charge is -2.19. The van der Waals surface area contributed by atoms with E-state index in [1.165, 1.54) is 12.3 Å². The first kappa shape index (κ1) is 17.3. The van der Waals surface area contributed by atoms with Gasteiger partial charge in [0, 0.05) is 11.9 Å². The Morgan fingerprint density at radius 3 is 2.80 bits per heavy atom. The number of nitrogens with one attached hydrogen (secondary N) is 1. The third-order valence-corrected chi connectivity index (χ3v) is 3.66. The maximum Gasteiger partial charge on any atom is 0.412 e. The predicted molar refractivity (Wildman–Crippen MR) is 94.8 cm³/mol. The molecule has 2 heterocycles. The van der Waals surface area contributed by atoms with Gasteiger partial charge >= 0.3 is 6.09 Å². The number of nitrogens with zero attached hydrogens (tertiary/aromatic N) is 2. The molecule has 0 aliphatic carbocycles. The largest absolute Gasteiger partial charge is 0.444 e. The number of pyridine rings is 1. The minimum Gasteiger partial charge on any atom is -0.444 e. The van der Waals surface area contributed by atoms with Crippen molar-refractivity contribution in [1.82, 2.24) is 9.97 Å². The maximum absolute atomic E-state index is 14.1. The third-order valence-electron chi connectivity index (χ3n) is 3.11. The molecule has 0 atom stereocenters. The van der Waals surface area contributed by atoms with E-state index in [-0.39, 0.29) is 16.1 Å². The molecule has 1 N–H and O–H groups in total. The summed E-state index contributed by atoms with van der Waals surface area (Å²) in [5, 5.41) is 2.63. The van der Waals surface area contributed by atoms with Crippen molar-refractivity contribution < 1.29 is 18.3 Å². The fourth-order valence-corrected chi connectivity index (χ4v) is 2.46. The van der Waals surface area contributed by atoms with Crippen LogP contribution in [-0.2, 0) is 4.74 Å². The Morgan fingerprint density at radius 2 is 2.08 bits per heavy atom.